The van der Waals surface area contributed by atoms with Crippen LogP contribution in [-0.2, 0) is 17.6 Å². The Morgan fingerprint density at radius 2 is 2.00 bits per heavy atom. The van der Waals surface area contributed by atoms with Crippen LogP contribution in [0.5, 0.6) is 5.75 Å². The average molecular weight is 567 g/mol. The van der Waals surface area contributed by atoms with E-state index in [4.69, 9.17) is 0 Å². The Hall–Kier alpha value is -3.13. The van der Waals surface area contributed by atoms with Gasteiger partial charge in [-0.15, -0.1) is 21.5 Å². The lowest BCUT2D eigenvalue weighted by Crippen LogP contribution is -2.14. The summed E-state index contributed by atoms with van der Waals surface area (Å²) in [5.41, 5.74) is 3.03. The number of aromatic hydroxyl groups is 1. The van der Waals surface area contributed by atoms with Gasteiger partial charge in [0.1, 0.15) is 16.8 Å². The Labute approximate surface area is 219 Å². The fraction of sp³-hybridized carbons (Fsp3) is 0.200. The molecule has 4 aromatic rings. The number of carbonyl (C=O) groups excluding carboxylic acids is 1. The van der Waals surface area contributed by atoms with Crippen molar-refractivity contribution in [2.24, 2.45) is 0 Å². The van der Waals surface area contributed by atoms with E-state index in [1.54, 1.807) is 18.2 Å². The Morgan fingerprint density at radius 1 is 1.20 bits per heavy atom. The highest BCUT2D eigenvalue weighted by Gasteiger charge is 2.23. The molecule has 0 atom stereocenters. The number of para-hydroxylation sites is 1. The van der Waals surface area contributed by atoms with Gasteiger partial charge >= 0.3 is 0 Å². The molecular weight excluding hydrogens is 546 g/mol. The van der Waals surface area contributed by atoms with Crippen LogP contribution >= 0.6 is 39.0 Å². The number of anilines is 1. The zero-order valence-electron chi connectivity index (χ0n) is 18.5. The number of aryl methyl sites for hydroxylation is 1. The second-order valence-corrected chi connectivity index (χ2v) is 11.0. The average Bonchev–Trinajstić information content (AvgIpc) is 3.45. The number of nitrogens with one attached hydrogen (secondary N) is 1. The summed E-state index contributed by atoms with van der Waals surface area (Å²) in [5, 5.41) is 32.9. The van der Waals surface area contributed by atoms with Crippen molar-refractivity contribution >= 4 is 49.9 Å². The first-order chi connectivity index (χ1) is 17.0. The molecule has 2 aromatic carbocycles. The number of rotatable bonds is 6. The van der Waals surface area contributed by atoms with Gasteiger partial charge in [-0.1, -0.05) is 45.9 Å². The SMILES string of the molecule is N#Cc1c(NC(=O)CSc2nnc(-c3cc(Br)ccc3O)n2-c2ccccc2)sc2c1CCCC2. The lowest BCUT2D eigenvalue weighted by Gasteiger charge is -2.11. The molecule has 1 aliphatic carbocycles. The number of hydrogen-bond donors (Lipinski definition) is 2. The van der Waals surface area contributed by atoms with E-state index in [-0.39, 0.29) is 17.4 Å². The topological polar surface area (TPSA) is 104 Å². The lowest BCUT2D eigenvalue weighted by atomic mass is 9.96. The second-order valence-electron chi connectivity index (χ2n) is 8.00. The van der Waals surface area contributed by atoms with Crippen LogP contribution in [0.25, 0.3) is 17.1 Å². The number of carbonyl (C=O) groups is 1. The fourth-order valence-corrected chi connectivity index (χ4v) is 6.47. The van der Waals surface area contributed by atoms with E-state index in [2.05, 4.69) is 37.5 Å². The van der Waals surface area contributed by atoms with Gasteiger partial charge in [-0.05, 0) is 61.6 Å². The first-order valence-corrected chi connectivity index (χ1v) is 13.6. The molecule has 0 radical (unpaired) electrons. The van der Waals surface area contributed by atoms with Crippen molar-refractivity contribution in [2.45, 2.75) is 30.8 Å². The third-order valence-electron chi connectivity index (χ3n) is 5.72. The molecule has 1 amide bonds. The Balaban J connectivity index is 1.41. The normalized spacial score (nSPS) is 12.7. The van der Waals surface area contributed by atoms with E-state index < -0.39 is 0 Å². The van der Waals surface area contributed by atoms with Crippen LogP contribution in [0.4, 0.5) is 5.00 Å². The second kappa shape index (κ2) is 10.2. The minimum absolute atomic E-state index is 0.0813. The van der Waals surface area contributed by atoms with Crippen LogP contribution in [0.3, 0.4) is 0 Å². The van der Waals surface area contributed by atoms with Crippen LogP contribution < -0.4 is 5.32 Å². The third kappa shape index (κ3) is 4.85. The molecule has 0 unspecified atom stereocenters. The number of nitriles is 1. The predicted molar refractivity (Wildman–Crippen MR) is 141 cm³/mol. The van der Waals surface area contributed by atoms with Crippen molar-refractivity contribution in [1.82, 2.24) is 14.8 Å². The van der Waals surface area contributed by atoms with Gasteiger partial charge in [0.2, 0.25) is 5.91 Å². The number of aromatic nitrogens is 3. The first kappa shape index (κ1) is 23.6. The number of thiophene rings is 1. The zero-order valence-corrected chi connectivity index (χ0v) is 21.7. The van der Waals surface area contributed by atoms with E-state index in [9.17, 15) is 15.2 Å². The van der Waals surface area contributed by atoms with Gasteiger partial charge in [-0.2, -0.15) is 5.26 Å². The Kier molecular flexibility index (Phi) is 6.90. The van der Waals surface area contributed by atoms with Crippen LogP contribution in [0, 0.1) is 11.3 Å². The third-order valence-corrected chi connectivity index (χ3v) is 8.35. The van der Waals surface area contributed by atoms with E-state index in [1.807, 2.05) is 34.9 Å². The van der Waals surface area contributed by atoms with E-state index >= 15 is 0 Å². The number of fused-ring (bicyclic) bond motifs is 1. The van der Waals surface area contributed by atoms with Crippen molar-refractivity contribution in [3.63, 3.8) is 0 Å². The molecule has 0 spiro atoms. The summed E-state index contributed by atoms with van der Waals surface area (Å²) in [4.78, 5) is 14.1. The minimum Gasteiger partial charge on any atom is -0.507 e. The van der Waals surface area contributed by atoms with Gasteiger partial charge in [0, 0.05) is 15.0 Å². The Bertz CT molecular complexity index is 1440. The monoisotopic (exact) mass is 565 g/mol. The van der Waals surface area contributed by atoms with Gasteiger partial charge in [0.15, 0.2) is 11.0 Å². The van der Waals surface area contributed by atoms with E-state index in [0.717, 1.165) is 41.4 Å². The summed E-state index contributed by atoms with van der Waals surface area (Å²) in [6, 6.07) is 17.0. The molecule has 0 saturated heterocycles. The first-order valence-electron chi connectivity index (χ1n) is 11.0. The number of hydrogen-bond acceptors (Lipinski definition) is 7. The molecule has 2 heterocycles. The number of phenolic OH excluding ortho intramolecular Hbond substituents is 1. The molecule has 176 valence electrons. The number of phenols is 1. The standard InChI is InChI=1S/C25H20BrN5O2S2/c26-15-10-11-20(32)18(12-15)23-29-30-25(31(23)16-6-2-1-3-7-16)34-14-22(33)28-24-19(13-27)17-8-4-5-9-21(17)35-24/h1-3,6-7,10-12,32H,4-5,8-9,14H2,(H,28,33). The highest BCUT2D eigenvalue weighted by Crippen LogP contribution is 2.38. The predicted octanol–water partition coefficient (Wildman–Crippen LogP) is 5.95. The van der Waals surface area contributed by atoms with Crippen LogP contribution in [0.2, 0.25) is 0 Å². The van der Waals surface area contributed by atoms with Crippen molar-refractivity contribution < 1.29 is 9.90 Å². The highest BCUT2D eigenvalue weighted by molar-refractivity contribution is 9.10. The maximum Gasteiger partial charge on any atom is 0.235 e. The minimum atomic E-state index is -0.209. The van der Waals surface area contributed by atoms with E-state index in [0.29, 0.717) is 27.1 Å². The molecule has 0 aliphatic heterocycles. The van der Waals surface area contributed by atoms with Crippen molar-refractivity contribution in [1.29, 1.82) is 5.26 Å². The number of nitrogens with zero attached hydrogens (tertiary/aromatic N) is 4. The molecule has 1 aliphatic rings. The number of thioether (sulfide) groups is 1. The quantitative estimate of drug-likeness (QED) is 0.280. The van der Waals surface area contributed by atoms with Gasteiger partial charge in [0.25, 0.3) is 0 Å². The molecule has 2 aromatic heterocycles. The molecule has 0 bridgehead atoms. The van der Waals surface area contributed by atoms with Gasteiger partial charge in [-0.3, -0.25) is 9.36 Å². The largest absolute Gasteiger partial charge is 0.507 e. The van der Waals surface area contributed by atoms with Crippen molar-refractivity contribution in [3.05, 3.63) is 69.0 Å². The Morgan fingerprint density at radius 3 is 2.80 bits per heavy atom. The summed E-state index contributed by atoms with van der Waals surface area (Å²) in [6.07, 6.45) is 4.05. The maximum atomic E-state index is 12.9. The van der Waals surface area contributed by atoms with Crippen molar-refractivity contribution in [3.8, 4) is 28.9 Å². The molecule has 0 fully saturated rings. The smallest absolute Gasteiger partial charge is 0.235 e. The zero-order chi connectivity index (χ0) is 24.4. The van der Waals surface area contributed by atoms with Crippen molar-refractivity contribution in [2.75, 3.05) is 11.1 Å². The number of amides is 1. The van der Waals surface area contributed by atoms with Gasteiger partial charge in [0.05, 0.1) is 16.9 Å². The molecule has 5 rings (SSSR count). The number of benzene rings is 2. The molecule has 10 heteroatoms. The van der Waals surface area contributed by atoms with Crippen LogP contribution in [-0.4, -0.2) is 31.5 Å². The summed E-state index contributed by atoms with van der Waals surface area (Å²) in [5.74, 6) is 0.441. The van der Waals surface area contributed by atoms with Crippen LogP contribution in [0.1, 0.15) is 28.8 Å². The highest BCUT2D eigenvalue weighted by atomic mass is 79.9. The fourth-order valence-electron chi connectivity index (χ4n) is 4.10. The lowest BCUT2D eigenvalue weighted by molar-refractivity contribution is -0.113. The summed E-state index contributed by atoms with van der Waals surface area (Å²) in [6.45, 7) is 0. The van der Waals surface area contributed by atoms with E-state index in [1.165, 1.54) is 28.0 Å². The molecule has 0 saturated carbocycles. The number of halogens is 1. The summed E-state index contributed by atoms with van der Waals surface area (Å²) < 4.78 is 2.62. The molecule has 7 nitrogen and oxygen atoms in total. The molecular formula is C25H20BrN5O2S2. The van der Waals surface area contributed by atoms with Gasteiger partial charge in [-0.25, -0.2) is 0 Å². The summed E-state index contributed by atoms with van der Waals surface area (Å²) >= 11 is 6.21. The van der Waals surface area contributed by atoms with Gasteiger partial charge < -0.3 is 10.4 Å². The maximum absolute atomic E-state index is 12.9. The van der Waals surface area contributed by atoms with Crippen LogP contribution in [0.15, 0.2) is 58.2 Å². The molecule has 35 heavy (non-hydrogen) atoms. The molecule has 2 N–H and O–H groups in total. The summed E-state index contributed by atoms with van der Waals surface area (Å²) in [7, 11) is 0.